The van der Waals surface area contributed by atoms with Crippen molar-refractivity contribution in [2.45, 2.75) is 18.6 Å². The molecule has 10 heteroatoms. The highest BCUT2D eigenvalue weighted by molar-refractivity contribution is 6.23. The highest BCUT2D eigenvalue weighted by atomic mass is 19.4. The van der Waals surface area contributed by atoms with Gasteiger partial charge < -0.3 is 5.32 Å². The summed E-state index contributed by atoms with van der Waals surface area (Å²) in [5.41, 5.74) is 0.584. The molecule has 1 N–H and O–H groups in total. The molecule has 1 unspecified atom stereocenters. The zero-order valence-electron chi connectivity index (χ0n) is 18.0. The van der Waals surface area contributed by atoms with Gasteiger partial charge in [-0.3, -0.25) is 29.0 Å². The number of halogens is 3. The molecule has 0 aromatic heterocycles. The maximum atomic E-state index is 13.4. The van der Waals surface area contributed by atoms with Crippen LogP contribution < -0.4 is 5.32 Å². The number of benzene rings is 2. The van der Waals surface area contributed by atoms with Gasteiger partial charge in [-0.15, -0.1) is 6.58 Å². The van der Waals surface area contributed by atoms with Crippen LogP contribution in [0.25, 0.3) is 0 Å². The summed E-state index contributed by atoms with van der Waals surface area (Å²) in [5.74, 6) is -5.27. The Bertz CT molecular complexity index is 1070. The number of amides is 4. The average molecular weight is 473 g/mol. The van der Waals surface area contributed by atoms with Gasteiger partial charge in [0.1, 0.15) is 6.04 Å². The first-order valence-electron chi connectivity index (χ1n) is 10.4. The van der Waals surface area contributed by atoms with Crippen molar-refractivity contribution in [3.63, 3.8) is 0 Å². The number of carbonyl (C=O) groups is 4. The maximum Gasteiger partial charge on any atom is 0.471 e. The third-order valence-electron chi connectivity index (χ3n) is 5.25. The van der Waals surface area contributed by atoms with Crippen LogP contribution in [-0.4, -0.2) is 65.3 Å². The Morgan fingerprint density at radius 1 is 1.00 bits per heavy atom. The number of nitrogens with one attached hydrogen (secondary N) is 1. The third kappa shape index (κ3) is 5.23. The Hall–Kier alpha value is -3.79. The van der Waals surface area contributed by atoms with Gasteiger partial charge >= 0.3 is 12.1 Å². The minimum Gasteiger partial charge on any atom is -0.312 e. The Balaban J connectivity index is 2.00. The van der Waals surface area contributed by atoms with E-state index in [0.29, 0.717) is 10.5 Å². The van der Waals surface area contributed by atoms with Gasteiger partial charge in [-0.2, -0.15) is 13.2 Å². The van der Waals surface area contributed by atoms with E-state index in [2.05, 4.69) is 11.9 Å². The van der Waals surface area contributed by atoms with E-state index in [1.165, 1.54) is 30.3 Å². The van der Waals surface area contributed by atoms with Crippen LogP contribution in [0, 0.1) is 0 Å². The van der Waals surface area contributed by atoms with Gasteiger partial charge in [0.15, 0.2) is 0 Å². The summed E-state index contributed by atoms with van der Waals surface area (Å²) >= 11 is 0. The minimum absolute atomic E-state index is 0.0414. The first-order valence-corrected chi connectivity index (χ1v) is 10.4. The molecule has 4 amide bonds. The molecule has 2 aromatic carbocycles. The van der Waals surface area contributed by atoms with Crippen LogP contribution in [0.1, 0.15) is 26.3 Å². The summed E-state index contributed by atoms with van der Waals surface area (Å²) in [6.07, 6.45) is -4.12. The second-order valence-electron chi connectivity index (χ2n) is 7.52. The SMILES string of the molecule is C=CCNCCN(C(=O)C(Cc1ccccc1)N1C(=O)c2ccccc2C1=O)C(=O)C(F)(F)F. The normalized spacial score (nSPS) is 14.0. The number of fused-ring (bicyclic) bond motifs is 1. The molecule has 0 aliphatic carbocycles. The van der Waals surface area contributed by atoms with E-state index in [1.807, 2.05) is 0 Å². The topological polar surface area (TPSA) is 86.8 Å². The Morgan fingerprint density at radius 3 is 2.09 bits per heavy atom. The van der Waals surface area contributed by atoms with Crippen LogP contribution in [-0.2, 0) is 16.0 Å². The molecule has 0 spiro atoms. The van der Waals surface area contributed by atoms with Crippen LogP contribution in [0.2, 0.25) is 0 Å². The predicted molar refractivity (Wildman–Crippen MR) is 117 cm³/mol. The predicted octanol–water partition coefficient (Wildman–Crippen LogP) is 2.59. The average Bonchev–Trinajstić information content (AvgIpc) is 3.07. The number of alkyl halides is 3. The molecule has 7 nitrogen and oxygen atoms in total. The van der Waals surface area contributed by atoms with Gasteiger partial charge in [0.05, 0.1) is 11.1 Å². The smallest absolute Gasteiger partial charge is 0.312 e. The summed E-state index contributed by atoms with van der Waals surface area (Å²) < 4.78 is 40.0. The number of rotatable bonds is 9. The number of hydrogen-bond donors (Lipinski definition) is 1. The van der Waals surface area contributed by atoms with Crippen molar-refractivity contribution in [3.05, 3.63) is 83.9 Å². The molecule has 34 heavy (non-hydrogen) atoms. The van der Waals surface area contributed by atoms with Crippen LogP contribution in [0.4, 0.5) is 13.2 Å². The van der Waals surface area contributed by atoms with E-state index >= 15 is 0 Å². The van der Waals surface area contributed by atoms with Crippen molar-refractivity contribution in [1.29, 1.82) is 0 Å². The highest BCUT2D eigenvalue weighted by Gasteiger charge is 2.49. The van der Waals surface area contributed by atoms with Crippen molar-refractivity contribution in [3.8, 4) is 0 Å². The fraction of sp³-hybridized carbons (Fsp3) is 0.250. The second-order valence-corrected chi connectivity index (χ2v) is 7.52. The van der Waals surface area contributed by atoms with E-state index in [-0.39, 0.29) is 35.5 Å². The number of nitrogens with zero attached hydrogens (tertiary/aromatic N) is 2. The van der Waals surface area contributed by atoms with E-state index in [9.17, 15) is 32.3 Å². The van der Waals surface area contributed by atoms with Gasteiger partial charge in [-0.05, 0) is 17.7 Å². The van der Waals surface area contributed by atoms with Crippen LogP contribution in [0.5, 0.6) is 0 Å². The van der Waals surface area contributed by atoms with Gasteiger partial charge in [-0.1, -0.05) is 48.5 Å². The van der Waals surface area contributed by atoms with E-state index < -0.39 is 42.4 Å². The lowest BCUT2D eigenvalue weighted by Gasteiger charge is -2.31. The molecule has 0 saturated carbocycles. The summed E-state index contributed by atoms with van der Waals surface area (Å²) in [4.78, 5) is 52.4. The van der Waals surface area contributed by atoms with Crippen LogP contribution >= 0.6 is 0 Å². The summed E-state index contributed by atoms with van der Waals surface area (Å²) in [6.45, 7) is 2.97. The van der Waals surface area contributed by atoms with E-state index in [1.54, 1.807) is 30.3 Å². The molecule has 178 valence electrons. The summed E-state index contributed by atoms with van der Waals surface area (Å²) in [7, 11) is 0. The standard InChI is InChI=1S/C24H22F3N3O4/c1-2-12-28-13-14-29(23(34)24(25,26)27)22(33)19(15-16-8-4-3-5-9-16)30-20(31)17-10-6-7-11-18(17)21(30)32/h2-11,19,28H,1,12-15H2. The molecular formula is C24H22F3N3O4. The summed E-state index contributed by atoms with van der Waals surface area (Å²) in [6, 6.07) is 12.4. The number of imide groups is 2. The van der Waals surface area contributed by atoms with Crippen molar-refractivity contribution in [2.75, 3.05) is 19.6 Å². The first-order chi connectivity index (χ1) is 16.2. The number of carbonyl (C=O) groups excluding carboxylic acids is 4. The molecule has 1 aliphatic rings. The largest absolute Gasteiger partial charge is 0.471 e. The van der Waals surface area contributed by atoms with Crippen LogP contribution in [0.15, 0.2) is 67.3 Å². The minimum atomic E-state index is -5.33. The van der Waals surface area contributed by atoms with Crippen molar-refractivity contribution in [2.24, 2.45) is 0 Å². The molecule has 1 aliphatic heterocycles. The molecule has 3 rings (SSSR count). The molecule has 1 atom stereocenters. The highest BCUT2D eigenvalue weighted by Crippen LogP contribution is 2.28. The molecule has 0 radical (unpaired) electrons. The Kier molecular flexibility index (Phi) is 7.62. The van der Waals surface area contributed by atoms with Crippen molar-refractivity contribution >= 4 is 23.6 Å². The molecule has 0 bridgehead atoms. The third-order valence-corrected chi connectivity index (χ3v) is 5.25. The summed E-state index contributed by atoms with van der Waals surface area (Å²) in [5, 5.41) is 2.74. The zero-order chi connectivity index (χ0) is 24.9. The Morgan fingerprint density at radius 2 is 1.56 bits per heavy atom. The zero-order valence-corrected chi connectivity index (χ0v) is 18.0. The molecule has 1 heterocycles. The number of hydrogen-bond acceptors (Lipinski definition) is 5. The van der Waals surface area contributed by atoms with E-state index in [4.69, 9.17) is 0 Å². The quantitative estimate of drug-likeness (QED) is 0.344. The fourth-order valence-electron chi connectivity index (χ4n) is 3.66. The lowest BCUT2D eigenvalue weighted by molar-refractivity contribution is -0.188. The van der Waals surface area contributed by atoms with Crippen molar-refractivity contribution < 1.29 is 32.3 Å². The molecular weight excluding hydrogens is 451 g/mol. The van der Waals surface area contributed by atoms with Gasteiger partial charge in [0.2, 0.25) is 0 Å². The van der Waals surface area contributed by atoms with Gasteiger partial charge in [0, 0.05) is 26.1 Å². The molecule has 2 aromatic rings. The van der Waals surface area contributed by atoms with Crippen LogP contribution in [0.3, 0.4) is 0 Å². The van der Waals surface area contributed by atoms with Crippen molar-refractivity contribution in [1.82, 2.24) is 15.1 Å². The second kappa shape index (κ2) is 10.4. The van der Waals surface area contributed by atoms with Gasteiger partial charge in [-0.25, -0.2) is 0 Å². The maximum absolute atomic E-state index is 13.4. The Labute approximate surface area is 193 Å². The molecule has 0 fully saturated rings. The van der Waals surface area contributed by atoms with E-state index in [0.717, 1.165) is 0 Å². The lowest BCUT2D eigenvalue weighted by atomic mass is 10.0. The first kappa shape index (κ1) is 24.8. The monoisotopic (exact) mass is 473 g/mol. The lowest BCUT2D eigenvalue weighted by Crippen LogP contribution is -2.57. The molecule has 0 saturated heterocycles. The fourth-order valence-corrected chi connectivity index (χ4v) is 3.66. The van der Waals surface area contributed by atoms with Gasteiger partial charge in [0.25, 0.3) is 17.7 Å².